The first kappa shape index (κ1) is 23.0. The predicted octanol–water partition coefficient (Wildman–Crippen LogP) is 5.23. The fraction of sp³-hybridized carbons (Fsp3) is 0.727. The van der Waals surface area contributed by atoms with E-state index in [1.165, 1.54) is 0 Å². The molecule has 172 valence electrons. The molecule has 1 N–H and O–H groups in total. The maximum atomic E-state index is 6.60. The fourth-order valence-electron chi connectivity index (χ4n) is 4.49. The van der Waals surface area contributed by atoms with E-state index in [4.69, 9.17) is 25.5 Å². The Hall–Kier alpha value is -1.19. The molecule has 1 aliphatic carbocycles. The molecule has 0 unspecified atom stereocenters. The molecule has 7 nitrogen and oxygen atoms in total. The Morgan fingerprint density at radius 2 is 1.94 bits per heavy atom. The Bertz CT molecular complexity index is 972. The van der Waals surface area contributed by atoms with Crippen LogP contribution in [0.2, 0.25) is 23.4 Å². The Balaban J connectivity index is 1.65. The molecule has 0 aromatic carbocycles. The van der Waals surface area contributed by atoms with E-state index in [0.29, 0.717) is 6.61 Å². The quantitative estimate of drug-likeness (QED) is 0.480. The zero-order valence-corrected chi connectivity index (χ0v) is 21.6. The molecule has 0 amide bonds. The van der Waals surface area contributed by atoms with Crippen molar-refractivity contribution in [2.24, 2.45) is 5.92 Å². The third-order valence-corrected chi connectivity index (χ3v) is 11.8. The molecule has 4 atom stereocenters. The Morgan fingerprint density at radius 1 is 1.26 bits per heavy atom. The first-order chi connectivity index (χ1) is 14.3. The maximum absolute atomic E-state index is 6.60. The summed E-state index contributed by atoms with van der Waals surface area (Å²) in [6, 6.07) is 2.13. The Morgan fingerprint density at radius 3 is 2.58 bits per heavy atom. The van der Waals surface area contributed by atoms with Gasteiger partial charge < -0.3 is 23.8 Å². The summed E-state index contributed by atoms with van der Waals surface area (Å²) in [5.74, 6) is 0.365. The number of aromatic nitrogens is 3. The number of anilines is 1. The van der Waals surface area contributed by atoms with E-state index in [0.717, 1.165) is 23.3 Å². The topological polar surface area (TPSA) is 70.4 Å². The standard InChI is InChI=1S/C22H35ClN4O3Si/c1-21(2,3)31(7,8)28-12-13-11-15(17-16(13)29-22(4,5)30-17)27-10-9-14-18(24-6)25-20(23)26-19(14)27/h9-10,13,15-17H,11-12H2,1-8H3,(H,24,25,26)/t13-,15-,16-,17+/m1/s1. The van der Waals surface area contributed by atoms with Crippen molar-refractivity contribution < 1.29 is 13.9 Å². The van der Waals surface area contributed by atoms with Crippen LogP contribution in [-0.4, -0.2) is 54.5 Å². The molecular formula is C22H35ClN4O3Si. The summed E-state index contributed by atoms with van der Waals surface area (Å²) in [4.78, 5) is 8.84. The third kappa shape index (κ3) is 4.13. The van der Waals surface area contributed by atoms with E-state index < -0.39 is 14.1 Å². The van der Waals surface area contributed by atoms with Crippen LogP contribution in [0.4, 0.5) is 5.82 Å². The molecule has 31 heavy (non-hydrogen) atoms. The Kier molecular flexibility index (Phi) is 5.70. The van der Waals surface area contributed by atoms with Gasteiger partial charge in [-0.2, -0.15) is 4.98 Å². The number of hydrogen-bond donors (Lipinski definition) is 1. The maximum Gasteiger partial charge on any atom is 0.226 e. The molecule has 4 rings (SSSR count). The van der Waals surface area contributed by atoms with Crippen LogP contribution in [-0.2, 0) is 13.9 Å². The van der Waals surface area contributed by atoms with E-state index in [2.05, 4.69) is 59.9 Å². The largest absolute Gasteiger partial charge is 0.416 e. The lowest BCUT2D eigenvalue weighted by molar-refractivity contribution is -0.161. The highest BCUT2D eigenvalue weighted by molar-refractivity contribution is 6.74. The van der Waals surface area contributed by atoms with Gasteiger partial charge in [0.1, 0.15) is 17.6 Å². The molecule has 1 saturated heterocycles. The number of nitrogens with one attached hydrogen (secondary N) is 1. The number of hydrogen-bond acceptors (Lipinski definition) is 6. The number of halogens is 1. The van der Waals surface area contributed by atoms with Gasteiger partial charge in [0, 0.05) is 25.8 Å². The van der Waals surface area contributed by atoms with E-state index in [9.17, 15) is 0 Å². The van der Waals surface area contributed by atoms with Crippen molar-refractivity contribution in [2.45, 2.75) is 83.2 Å². The smallest absolute Gasteiger partial charge is 0.226 e. The van der Waals surface area contributed by atoms with Gasteiger partial charge >= 0.3 is 0 Å². The molecule has 0 bridgehead atoms. The molecule has 2 aliphatic rings. The van der Waals surface area contributed by atoms with Crippen molar-refractivity contribution in [1.29, 1.82) is 0 Å². The number of ether oxygens (including phenoxy) is 2. The number of nitrogens with zero attached hydrogens (tertiary/aromatic N) is 3. The average Bonchev–Trinajstić information content (AvgIpc) is 3.29. The molecular weight excluding hydrogens is 432 g/mol. The fourth-order valence-corrected chi connectivity index (χ4v) is 5.72. The van der Waals surface area contributed by atoms with Crippen LogP contribution in [0.25, 0.3) is 11.0 Å². The van der Waals surface area contributed by atoms with Crippen LogP contribution in [0.1, 0.15) is 47.1 Å². The summed E-state index contributed by atoms with van der Waals surface area (Å²) in [6.45, 7) is 16.1. The molecule has 1 saturated carbocycles. The highest BCUT2D eigenvalue weighted by Gasteiger charge is 2.55. The first-order valence-electron chi connectivity index (χ1n) is 11.0. The molecule has 9 heteroatoms. The van der Waals surface area contributed by atoms with Gasteiger partial charge in [-0.25, -0.2) is 4.98 Å². The molecule has 2 aromatic heterocycles. The van der Waals surface area contributed by atoms with Crippen LogP contribution < -0.4 is 5.32 Å². The minimum absolute atomic E-state index is 0.0108. The molecule has 1 aliphatic heterocycles. The van der Waals surface area contributed by atoms with Crippen molar-refractivity contribution >= 4 is 36.8 Å². The summed E-state index contributed by atoms with van der Waals surface area (Å²) in [5, 5.41) is 4.46. The van der Waals surface area contributed by atoms with Gasteiger partial charge in [0.05, 0.1) is 17.5 Å². The second-order valence-electron chi connectivity index (χ2n) is 10.8. The third-order valence-electron chi connectivity index (χ3n) is 7.15. The van der Waals surface area contributed by atoms with Crippen molar-refractivity contribution in [3.05, 3.63) is 17.5 Å². The normalized spacial score (nSPS) is 28.3. The zero-order chi connectivity index (χ0) is 22.8. The van der Waals surface area contributed by atoms with Gasteiger partial charge in [-0.1, -0.05) is 20.8 Å². The van der Waals surface area contributed by atoms with Gasteiger partial charge in [0.2, 0.25) is 5.28 Å². The predicted molar refractivity (Wildman–Crippen MR) is 126 cm³/mol. The zero-order valence-electron chi connectivity index (χ0n) is 19.8. The van der Waals surface area contributed by atoms with Crippen LogP contribution in [0.15, 0.2) is 12.3 Å². The lowest BCUT2D eigenvalue weighted by Crippen LogP contribution is -2.43. The van der Waals surface area contributed by atoms with Crippen LogP contribution in [0.5, 0.6) is 0 Å². The van der Waals surface area contributed by atoms with E-state index in [1.54, 1.807) is 0 Å². The van der Waals surface area contributed by atoms with Crippen molar-refractivity contribution in [3.8, 4) is 0 Å². The van der Waals surface area contributed by atoms with E-state index >= 15 is 0 Å². The van der Waals surface area contributed by atoms with Crippen LogP contribution in [0.3, 0.4) is 0 Å². The SMILES string of the molecule is CNc1nc(Cl)nc2c1ccn2[C@@H]1C[C@H](CO[Si](C)(C)C(C)(C)C)[C@H]2OC(C)(C)O[C@H]21. The molecule has 2 aromatic rings. The molecule has 0 radical (unpaired) electrons. The van der Waals surface area contributed by atoms with Gasteiger partial charge in [-0.3, -0.25) is 0 Å². The van der Waals surface area contributed by atoms with Crippen molar-refractivity contribution in [2.75, 3.05) is 19.0 Å². The van der Waals surface area contributed by atoms with Crippen molar-refractivity contribution in [1.82, 2.24) is 14.5 Å². The second-order valence-corrected chi connectivity index (χ2v) is 15.9. The first-order valence-corrected chi connectivity index (χ1v) is 14.3. The number of fused-ring (bicyclic) bond motifs is 2. The molecule has 3 heterocycles. The summed E-state index contributed by atoms with van der Waals surface area (Å²) < 4.78 is 21.5. The molecule has 0 spiro atoms. The average molecular weight is 467 g/mol. The highest BCUT2D eigenvalue weighted by atomic mass is 35.5. The minimum Gasteiger partial charge on any atom is -0.416 e. The Labute approximate surface area is 190 Å². The minimum atomic E-state index is -1.85. The van der Waals surface area contributed by atoms with Gasteiger partial charge in [-0.15, -0.1) is 0 Å². The van der Waals surface area contributed by atoms with Gasteiger partial charge in [0.25, 0.3) is 0 Å². The summed E-state index contributed by atoms with van der Waals surface area (Å²) in [7, 11) is -0.0144. The monoisotopic (exact) mass is 466 g/mol. The number of rotatable bonds is 5. The summed E-state index contributed by atoms with van der Waals surface area (Å²) in [5.41, 5.74) is 0.812. The summed E-state index contributed by atoms with van der Waals surface area (Å²) in [6.07, 6.45) is 2.89. The van der Waals surface area contributed by atoms with Gasteiger partial charge in [-0.05, 0) is 56.1 Å². The van der Waals surface area contributed by atoms with Crippen molar-refractivity contribution in [3.63, 3.8) is 0 Å². The lowest BCUT2D eigenvalue weighted by Gasteiger charge is -2.37. The van der Waals surface area contributed by atoms with Gasteiger partial charge in [0.15, 0.2) is 14.1 Å². The lowest BCUT2D eigenvalue weighted by atomic mass is 10.1. The highest BCUT2D eigenvalue weighted by Crippen LogP contribution is 2.48. The van der Waals surface area contributed by atoms with E-state index in [-0.39, 0.29) is 34.5 Å². The van der Waals surface area contributed by atoms with Crippen LogP contribution in [0, 0.1) is 5.92 Å². The van der Waals surface area contributed by atoms with E-state index in [1.807, 2.05) is 27.0 Å². The molecule has 2 fully saturated rings. The second kappa shape index (κ2) is 7.69. The summed E-state index contributed by atoms with van der Waals surface area (Å²) >= 11 is 6.22. The van der Waals surface area contributed by atoms with Crippen LogP contribution >= 0.6 is 11.6 Å².